The molecule has 2 heterocycles. The number of amides is 1. The maximum atomic E-state index is 12.2. The van der Waals surface area contributed by atoms with Crippen LogP contribution in [0.3, 0.4) is 0 Å². The normalized spacial score (nSPS) is 30.1. The van der Waals surface area contributed by atoms with E-state index in [0.717, 1.165) is 0 Å². The van der Waals surface area contributed by atoms with E-state index in [0.29, 0.717) is 19.4 Å². The van der Waals surface area contributed by atoms with Crippen LogP contribution in [0.15, 0.2) is 0 Å². The number of aliphatic carboxylic acids is 1. The fourth-order valence-electron chi connectivity index (χ4n) is 2.33. The molecule has 0 radical (unpaired) electrons. The van der Waals surface area contributed by atoms with Gasteiger partial charge in [0.2, 0.25) is 0 Å². The van der Waals surface area contributed by atoms with E-state index in [-0.39, 0.29) is 19.1 Å². The minimum Gasteiger partial charge on any atom is -0.479 e. The Hall–Kier alpha value is -1.67. The summed E-state index contributed by atoms with van der Waals surface area (Å²) >= 11 is 0. The highest BCUT2D eigenvalue weighted by atomic mass is 16.6. The largest absolute Gasteiger partial charge is 0.479 e. The first-order valence-electron chi connectivity index (χ1n) is 6.39. The van der Waals surface area contributed by atoms with Gasteiger partial charge < -0.3 is 24.2 Å². The molecule has 20 heavy (non-hydrogen) atoms. The fraction of sp³-hybridized carbons (Fsp3) is 0.750. The molecule has 2 aliphatic rings. The topological polar surface area (TPSA) is 102 Å². The second-order valence-electron chi connectivity index (χ2n) is 4.70. The van der Waals surface area contributed by atoms with Crippen LogP contribution in [0.25, 0.3) is 0 Å². The first-order chi connectivity index (χ1) is 9.52. The molecule has 0 bridgehead atoms. The number of carboxylic acids is 1. The van der Waals surface area contributed by atoms with Crippen LogP contribution in [0.5, 0.6) is 0 Å². The van der Waals surface area contributed by atoms with E-state index < -0.39 is 30.3 Å². The maximum absolute atomic E-state index is 12.2. The molecule has 8 nitrogen and oxygen atoms in total. The van der Waals surface area contributed by atoms with Gasteiger partial charge in [-0.25, -0.2) is 9.59 Å². The Morgan fingerprint density at radius 1 is 1.20 bits per heavy atom. The molecule has 0 aromatic carbocycles. The van der Waals surface area contributed by atoms with Crippen molar-refractivity contribution in [3.63, 3.8) is 0 Å². The Labute approximate surface area is 115 Å². The van der Waals surface area contributed by atoms with Gasteiger partial charge in [-0.05, 0) is 12.8 Å². The molecule has 0 aliphatic carbocycles. The van der Waals surface area contributed by atoms with Crippen LogP contribution in [-0.2, 0) is 28.6 Å². The Morgan fingerprint density at radius 3 is 2.50 bits per heavy atom. The minimum atomic E-state index is -1.06. The van der Waals surface area contributed by atoms with Crippen LogP contribution in [0.2, 0.25) is 0 Å². The number of hydrogen-bond donors (Lipinski definition) is 1. The molecule has 1 amide bonds. The zero-order chi connectivity index (χ0) is 14.7. The van der Waals surface area contributed by atoms with E-state index in [2.05, 4.69) is 4.74 Å². The summed E-state index contributed by atoms with van der Waals surface area (Å²) in [4.78, 5) is 35.9. The quantitative estimate of drug-likeness (QED) is 0.665. The molecule has 0 spiro atoms. The number of carbonyl (C=O) groups excluding carboxylic acids is 2. The van der Waals surface area contributed by atoms with E-state index >= 15 is 0 Å². The smallest absolute Gasteiger partial charge is 0.336 e. The van der Waals surface area contributed by atoms with E-state index in [1.54, 1.807) is 0 Å². The molecule has 2 aliphatic heterocycles. The van der Waals surface area contributed by atoms with Gasteiger partial charge in [-0.15, -0.1) is 0 Å². The number of ether oxygens (including phenoxy) is 3. The van der Waals surface area contributed by atoms with Crippen molar-refractivity contribution in [3.8, 4) is 0 Å². The minimum absolute atomic E-state index is 0.100. The van der Waals surface area contributed by atoms with Crippen molar-refractivity contribution in [2.45, 2.75) is 31.2 Å². The van der Waals surface area contributed by atoms with Gasteiger partial charge in [-0.2, -0.15) is 0 Å². The highest BCUT2D eigenvalue weighted by Gasteiger charge is 2.39. The van der Waals surface area contributed by atoms with Gasteiger partial charge in [0.1, 0.15) is 6.10 Å². The molecular weight excluding hydrogens is 270 g/mol. The lowest BCUT2D eigenvalue weighted by Crippen LogP contribution is -2.51. The lowest BCUT2D eigenvalue weighted by atomic mass is 10.1. The van der Waals surface area contributed by atoms with Gasteiger partial charge in [0, 0.05) is 6.54 Å². The first kappa shape index (κ1) is 14.7. The van der Waals surface area contributed by atoms with Crippen molar-refractivity contribution in [2.75, 3.05) is 26.8 Å². The molecule has 3 atom stereocenters. The van der Waals surface area contributed by atoms with Gasteiger partial charge in [0.25, 0.3) is 5.91 Å². The summed E-state index contributed by atoms with van der Waals surface area (Å²) in [6.45, 7) is 0.688. The van der Waals surface area contributed by atoms with Crippen LogP contribution in [0.1, 0.15) is 12.8 Å². The number of methoxy groups -OCH3 is 1. The number of carboxylic acid groups (broad SMARTS) is 1. The molecule has 3 unspecified atom stereocenters. The molecule has 112 valence electrons. The second-order valence-corrected chi connectivity index (χ2v) is 4.70. The number of nitrogens with zero attached hydrogens (tertiary/aromatic N) is 1. The predicted molar refractivity (Wildman–Crippen MR) is 63.9 cm³/mol. The van der Waals surface area contributed by atoms with Crippen LogP contribution in [0, 0.1) is 0 Å². The Bertz CT molecular complexity index is 411. The number of carbonyl (C=O) groups is 3. The van der Waals surface area contributed by atoms with Gasteiger partial charge in [-0.3, -0.25) is 4.79 Å². The predicted octanol–water partition coefficient (Wildman–Crippen LogP) is -0.981. The Kier molecular flexibility index (Phi) is 4.56. The molecule has 2 fully saturated rings. The van der Waals surface area contributed by atoms with E-state index in [9.17, 15) is 14.4 Å². The first-order valence-corrected chi connectivity index (χ1v) is 6.39. The zero-order valence-corrected chi connectivity index (χ0v) is 11.1. The van der Waals surface area contributed by atoms with Gasteiger partial charge in [0.05, 0.1) is 20.3 Å². The van der Waals surface area contributed by atoms with Crippen molar-refractivity contribution < 1.29 is 33.7 Å². The average molecular weight is 287 g/mol. The summed E-state index contributed by atoms with van der Waals surface area (Å²) in [7, 11) is 1.25. The average Bonchev–Trinajstić information content (AvgIpc) is 2.95. The van der Waals surface area contributed by atoms with Gasteiger partial charge >= 0.3 is 11.9 Å². The summed E-state index contributed by atoms with van der Waals surface area (Å²) in [5, 5.41) is 8.84. The summed E-state index contributed by atoms with van der Waals surface area (Å²) in [5.74, 6) is -1.89. The molecule has 0 aromatic rings. The molecule has 2 rings (SSSR count). The molecule has 2 saturated heterocycles. The maximum Gasteiger partial charge on any atom is 0.336 e. The molecule has 1 N–H and O–H groups in total. The fourth-order valence-corrected chi connectivity index (χ4v) is 2.33. The van der Waals surface area contributed by atoms with Crippen molar-refractivity contribution in [3.05, 3.63) is 0 Å². The SMILES string of the molecule is COC(=O)C1CN(C(=O)C2CCC(C(=O)O)O2)CCO1. The third-order valence-electron chi connectivity index (χ3n) is 3.41. The highest BCUT2D eigenvalue weighted by molar-refractivity contribution is 5.84. The summed E-state index contributed by atoms with van der Waals surface area (Å²) in [6.07, 6.45) is -1.80. The molecular formula is C12H17NO7. The summed E-state index contributed by atoms with van der Waals surface area (Å²) in [6, 6.07) is 0. The Morgan fingerprint density at radius 2 is 1.90 bits per heavy atom. The summed E-state index contributed by atoms with van der Waals surface area (Å²) < 4.78 is 15.0. The lowest BCUT2D eigenvalue weighted by molar-refractivity contribution is -0.166. The Balaban J connectivity index is 1.92. The van der Waals surface area contributed by atoms with Crippen LogP contribution < -0.4 is 0 Å². The van der Waals surface area contributed by atoms with Crippen LogP contribution >= 0.6 is 0 Å². The van der Waals surface area contributed by atoms with Gasteiger partial charge in [-0.1, -0.05) is 0 Å². The highest BCUT2D eigenvalue weighted by Crippen LogP contribution is 2.22. The summed E-state index contributed by atoms with van der Waals surface area (Å²) in [5.41, 5.74) is 0. The second kappa shape index (κ2) is 6.19. The van der Waals surface area contributed by atoms with Crippen molar-refractivity contribution >= 4 is 17.8 Å². The van der Waals surface area contributed by atoms with E-state index in [4.69, 9.17) is 14.6 Å². The number of rotatable bonds is 3. The van der Waals surface area contributed by atoms with E-state index in [1.165, 1.54) is 12.0 Å². The van der Waals surface area contributed by atoms with Gasteiger partial charge in [0.15, 0.2) is 12.2 Å². The monoisotopic (exact) mass is 287 g/mol. The zero-order valence-electron chi connectivity index (χ0n) is 11.1. The van der Waals surface area contributed by atoms with Crippen molar-refractivity contribution in [1.82, 2.24) is 4.90 Å². The molecule has 8 heteroatoms. The number of morpholine rings is 1. The molecule has 0 saturated carbocycles. The number of esters is 1. The van der Waals surface area contributed by atoms with Crippen LogP contribution in [-0.4, -0.2) is 73.0 Å². The third-order valence-corrected chi connectivity index (χ3v) is 3.41. The third kappa shape index (κ3) is 3.07. The number of hydrogen-bond acceptors (Lipinski definition) is 6. The van der Waals surface area contributed by atoms with Crippen LogP contribution in [0.4, 0.5) is 0 Å². The van der Waals surface area contributed by atoms with E-state index in [1.807, 2.05) is 0 Å². The van der Waals surface area contributed by atoms with Crippen molar-refractivity contribution in [1.29, 1.82) is 0 Å². The molecule has 0 aromatic heterocycles. The lowest BCUT2D eigenvalue weighted by Gasteiger charge is -2.32. The standard InChI is InChI=1S/C12H17NO7/c1-18-12(17)9-6-13(4-5-19-9)10(14)7-2-3-8(20-7)11(15)16/h7-9H,2-6H2,1H3,(H,15,16). The van der Waals surface area contributed by atoms with Crippen molar-refractivity contribution in [2.24, 2.45) is 0 Å².